The van der Waals surface area contributed by atoms with Crippen molar-refractivity contribution >= 4 is 5.69 Å². The standard InChI is InChI=1S/C17H28N2/c1-17(2,3)15-10-5-6-11-16(15)18-13-14-9-7-8-12-19(14)4/h5-6,10-11,14,18H,7-9,12-13H2,1-4H3. The van der Waals surface area contributed by atoms with Crippen molar-refractivity contribution in [3.05, 3.63) is 29.8 Å². The molecule has 1 aromatic carbocycles. The van der Waals surface area contributed by atoms with Crippen LogP contribution in [0.1, 0.15) is 45.6 Å². The lowest BCUT2D eigenvalue weighted by atomic mass is 9.85. The monoisotopic (exact) mass is 260 g/mol. The van der Waals surface area contributed by atoms with Crippen LogP contribution in [-0.2, 0) is 5.41 Å². The zero-order valence-corrected chi connectivity index (χ0v) is 12.9. The second kappa shape index (κ2) is 5.96. The third kappa shape index (κ3) is 3.73. The summed E-state index contributed by atoms with van der Waals surface area (Å²) < 4.78 is 0. The highest BCUT2D eigenvalue weighted by molar-refractivity contribution is 5.54. The minimum Gasteiger partial charge on any atom is -0.383 e. The van der Waals surface area contributed by atoms with Crippen molar-refractivity contribution in [2.24, 2.45) is 0 Å². The van der Waals surface area contributed by atoms with Gasteiger partial charge in [0.15, 0.2) is 0 Å². The SMILES string of the molecule is CN1CCCCC1CNc1ccccc1C(C)(C)C. The predicted molar refractivity (Wildman–Crippen MR) is 83.9 cm³/mol. The van der Waals surface area contributed by atoms with Crippen LogP contribution in [0.2, 0.25) is 0 Å². The van der Waals surface area contributed by atoms with E-state index in [1.807, 2.05) is 0 Å². The van der Waals surface area contributed by atoms with E-state index in [1.165, 1.54) is 37.1 Å². The first-order chi connectivity index (χ1) is 8.98. The molecule has 1 aliphatic rings. The Bertz CT molecular complexity index is 406. The van der Waals surface area contributed by atoms with Crippen molar-refractivity contribution in [2.75, 3.05) is 25.5 Å². The molecular formula is C17H28N2. The fraction of sp³-hybridized carbons (Fsp3) is 0.647. The summed E-state index contributed by atoms with van der Waals surface area (Å²) in [4.78, 5) is 2.50. The highest BCUT2D eigenvalue weighted by atomic mass is 15.2. The molecule has 1 fully saturated rings. The molecule has 0 amide bonds. The topological polar surface area (TPSA) is 15.3 Å². The molecule has 1 aromatic rings. The number of likely N-dealkylation sites (N-methyl/N-ethyl adjacent to an activating group) is 1. The molecule has 106 valence electrons. The van der Waals surface area contributed by atoms with Crippen LogP contribution in [-0.4, -0.2) is 31.1 Å². The van der Waals surface area contributed by atoms with Crippen LogP contribution in [0.25, 0.3) is 0 Å². The van der Waals surface area contributed by atoms with E-state index in [-0.39, 0.29) is 5.41 Å². The molecule has 1 atom stereocenters. The van der Waals surface area contributed by atoms with E-state index >= 15 is 0 Å². The Morgan fingerprint density at radius 1 is 1.21 bits per heavy atom. The molecule has 0 spiro atoms. The summed E-state index contributed by atoms with van der Waals surface area (Å²) in [6.07, 6.45) is 4.05. The number of hydrogen-bond donors (Lipinski definition) is 1. The Kier molecular flexibility index (Phi) is 4.51. The van der Waals surface area contributed by atoms with Gasteiger partial charge in [-0.3, -0.25) is 0 Å². The fourth-order valence-electron chi connectivity index (χ4n) is 2.92. The predicted octanol–water partition coefficient (Wildman–Crippen LogP) is 3.88. The Balaban J connectivity index is 2.03. The molecule has 1 heterocycles. The van der Waals surface area contributed by atoms with Gasteiger partial charge in [-0.2, -0.15) is 0 Å². The Morgan fingerprint density at radius 2 is 1.95 bits per heavy atom. The van der Waals surface area contributed by atoms with E-state index in [1.54, 1.807) is 0 Å². The number of para-hydroxylation sites is 1. The van der Waals surface area contributed by atoms with Gasteiger partial charge in [0.25, 0.3) is 0 Å². The Hall–Kier alpha value is -1.02. The number of piperidine rings is 1. The minimum absolute atomic E-state index is 0.196. The molecule has 0 radical (unpaired) electrons. The molecule has 0 bridgehead atoms. The normalized spacial score (nSPS) is 21.4. The minimum atomic E-state index is 0.196. The Morgan fingerprint density at radius 3 is 2.63 bits per heavy atom. The number of nitrogens with one attached hydrogen (secondary N) is 1. The zero-order valence-electron chi connectivity index (χ0n) is 12.9. The van der Waals surface area contributed by atoms with Gasteiger partial charge in [-0.1, -0.05) is 45.4 Å². The lowest BCUT2D eigenvalue weighted by Gasteiger charge is -2.33. The highest BCUT2D eigenvalue weighted by Gasteiger charge is 2.21. The lowest BCUT2D eigenvalue weighted by Crippen LogP contribution is -2.41. The van der Waals surface area contributed by atoms with Gasteiger partial charge in [-0.15, -0.1) is 0 Å². The first-order valence-electron chi connectivity index (χ1n) is 7.52. The van der Waals surface area contributed by atoms with E-state index in [4.69, 9.17) is 0 Å². The summed E-state index contributed by atoms with van der Waals surface area (Å²) in [6, 6.07) is 9.40. The van der Waals surface area contributed by atoms with E-state index in [0.29, 0.717) is 6.04 Å². The smallest absolute Gasteiger partial charge is 0.0378 e. The number of benzene rings is 1. The number of rotatable bonds is 3. The van der Waals surface area contributed by atoms with E-state index in [0.717, 1.165) is 6.54 Å². The second-order valence-corrected chi connectivity index (χ2v) is 6.81. The summed E-state index contributed by atoms with van der Waals surface area (Å²) in [5.41, 5.74) is 2.91. The summed E-state index contributed by atoms with van der Waals surface area (Å²) in [6.45, 7) is 9.14. The maximum atomic E-state index is 3.68. The molecule has 0 aromatic heterocycles. The van der Waals surface area contributed by atoms with Crippen molar-refractivity contribution in [3.63, 3.8) is 0 Å². The van der Waals surface area contributed by atoms with Crippen LogP contribution in [0.15, 0.2) is 24.3 Å². The molecule has 1 N–H and O–H groups in total. The summed E-state index contributed by atoms with van der Waals surface area (Å²) in [7, 11) is 2.25. The largest absolute Gasteiger partial charge is 0.383 e. The van der Waals surface area contributed by atoms with Crippen molar-refractivity contribution in [1.29, 1.82) is 0 Å². The van der Waals surface area contributed by atoms with Crippen molar-refractivity contribution < 1.29 is 0 Å². The number of likely N-dealkylation sites (tertiary alicyclic amines) is 1. The third-order valence-corrected chi connectivity index (χ3v) is 4.18. The van der Waals surface area contributed by atoms with Crippen LogP contribution >= 0.6 is 0 Å². The van der Waals surface area contributed by atoms with Crippen molar-refractivity contribution in [1.82, 2.24) is 4.90 Å². The third-order valence-electron chi connectivity index (χ3n) is 4.18. The average Bonchev–Trinajstić information content (AvgIpc) is 2.37. The van der Waals surface area contributed by atoms with E-state index in [2.05, 4.69) is 62.3 Å². The zero-order chi connectivity index (χ0) is 13.9. The van der Waals surface area contributed by atoms with Gasteiger partial charge in [0.05, 0.1) is 0 Å². The molecule has 2 rings (SSSR count). The van der Waals surface area contributed by atoms with Crippen LogP contribution in [0.5, 0.6) is 0 Å². The summed E-state index contributed by atoms with van der Waals surface area (Å²) >= 11 is 0. The Labute approximate surface area is 118 Å². The van der Waals surface area contributed by atoms with Crippen LogP contribution in [0.4, 0.5) is 5.69 Å². The number of nitrogens with zero attached hydrogens (tertiary/aromatic N) is 1. The first-order valence-corrected chi connectivity index (χ1v) is 7.52. The molecule has 1 unspecified atom stereocenters. The van der Waals surface area contributed by atoms with Crippen LogP contribution in [0.3, 0.4) is 0 Å². The molecular weight excluding hydrogens is 232 g/mol. The molecule has 2 heteroatoms. The first kappa shape index (κ1) is 14.4. The van der Waals surface area contributed by atoms with Gasteiger partial charge in [0.2, 0.25) is 0 Å². The summed E-state index contributed by atoms with van der Waals surface area (Å²) in [5.74, 6) is 0. The van der Waals surface area contributed by atoms with E-state index < -0.39 is 0 Å². The number of hydrogen-bond acceptors (Lipinski definition) is 2. The molecule has 2 nitrogen and oxygen atoms in total. The van der Waals surface area contributed by atoms with Gasteiger partial charge in [0.1, 0.15) is 0 Å². The van der Waals surface area contributed by atoms with Gasteiger partial charge in [-0.05, 0) is 43.5 Å². The van der Waals surface area contributed by atoms with Crippen LogP contribution < -0.4 is 5.32 Å². The summed E-state index contributed by atoms with van der Waals surface area (Å²) in [5, 5.41) is 3.68. The molecule has 19 heavy (non-hydrogen) atoms. The van der Waals surface area contributed by atoms with Gasteiger partial charge in [0, 0.05) is 18.3 Å². The lowest BCUT2D eigenvalue weighted by molar-refractivity contribution is 0.194. The molecule has 0 saturated carbocycles. The van der Waals surface area contributed by atoms with E-state index in [9.17, 15) is 0 Å². The van der Waals surface area contributed by atoms with Gasteiger partial charge >= 0.3 is 0 Å². The van der Waals surface area contributed by atoms with Crippen molar-refractivity contribution in [2.45, 2.75) is 51.5 Å². The molecule has 0 aliphatic carbocycles. The molecule has 1 aliphatic heterocycles. The van der Waals surface area contributed by atoms with Crippen molar-refractivity contribution in [3.8, 4) is 0 Å². The van der Waals surface area contributed by atoms with Crippen LogP contribution in [0, 0.1) is 0 Å². The van der Waals surface area contributed by atoms with Gasteiger partial charge in [-0.25, -0.2) is 0 Å². The quantitative estimate of drug-likeness (QED) is 0.887. The maximum absolute atomic E-state index is 3.68. The maximum Gasteiger partial charge on any atom is 0.0378 e. The fourth-order valence-corrected chi connectivity index (χ4v) is 2.92. The van der Waals surface area contributed by atoms with Gasteiger partial charge < -0.3 is 10.2 Å². The average molecular weight is 260 g/mol. The molecule has 1 saturated heterocycles. The number of anilines is 1. The highest BCUT2D eigenvalue weighted by Crippen LogP contribution is 2.29. The second-order valence-electron chi connectivity index (χ2n) is 6.81.